The summed E-state index contributed by atoms with van der Waals surface area (Å²) in [6.07, 6.45) is 0. The lowest BCUT2D eigenvalue weighted by molar-refractivity contribution is 0.660. The monoisotopic (exact) mass is 783 g/mol. The number of hydrogen-bond acceptors (Lipinski definition) is 4. The molecule has 0 aliphatic heterocycles. The van der Waals surface area contributed by atoms with Crippen molar-refractivity contribution in [2.45, 2.75) is 19.3 Å². The lowest BCUT2D eigenvalue weighted by Crippen LogP contribution is -2.14. The number of para-hydroxylation sites is 1. The second-order valence-electron chi connectivity index (χ2n) is 16.4. The number of hydrogen-bond donors (Lipinski definition) is 0. The molecule has 0 atom stereocenters. The Balaban J connectivity index is 0.984. The average Bonchev–Trinajstić information content (AvgIpc) is 3.80. The Morgan fingerprint density at radius 1 is 0.400 bits per heavy atom. The quantitative estimate of drug-likeness (QED) is 0.163. The van der Waals surface area contributed by atoms with Gasteiger partial charge < -0.3 is 0 Å². The van der Waals surface area contributed by atoms with Crippen LogP contribution in [0.1, 0.15) is 25.0 Å². The van der Waals surface area contributed by atoms with E-state index in [1.165, 1.54) is 64.1 Å². The minimum absolute atomic E-state index is 0.0623. The second-order valence-corrected chi connectivity index (χ2v) is 17.4. The number of thiophene rings is 1. The van der Waals surface area contributed by atoms with Crippen LogP contribution in [0.4, 0.5) is 0 Å². The van der Waals surface area contributed by atoms with Crippen LogP contribution in [0, 0.1) is 0 Å². The van der Waals surface area contributed by atoms with E-state index in [1.807, 2.05) is 17.4 Å². The maximum absolute atomic E-state index is 5.30. The largest absolute Gasteiger partial charge is 0.247 e. The van der Waals surface area contributed by atoms with Crippen LogP contribution < -0.4 is 0 Å². The van der Waals surface area contributed by atoms with Crippen LogP contribution in [0.3, 0.4) is 0 Å². The molecule has 0 saturated carbocycles. The SMILES string of the molecule is CC1(C)c2ccccc2-c2cc(-c3nc(-c4ccccc4)cc(-c4cccc(-c5ccc6c(c5)sc5c6ccc6c(-c7ccccc7)nc7ccccc7c65)c4)n3)ccc21. The van der Waals surface area contributed by atoms with Gasteiger partial charge in [0, 0.05) is 64.0 Å². The van der Waals surface area contributed by atoms with Crippen molar-refractivity contribution in [2.75, 3.05) is 0 Å². The van der Waals surface area contributed by atoms with Gasteiger partial charge in [0.1, 0.15) is 0 Å². The minimum atomic E-state index is -0.0623. The lowest BCUT2D eigenvalue weighted by Gasteiger charge is -2.21. The van der Waals surface area contributed by atoms with E-state index in [0.717, 1.165) is 56.2 Å². The zero-order chi connectivity index (χ0) is 40.0. The second kappa shape index (κ2) is 13.4. The molecule has 0 unspecified atom stereocenters. The predicted octanol–water partition coefficient (Wildman–Crippen LogP) is 15.2. The molecule has 0 amide bonds. The highest BCUT2D eigenvalue weighted by Crippen LogP contribution is 2.50. The van der Waals surface area contributed by atoms with Crippen molar-refractivity contribution in [1.29, 1.82) is 0 Å². The first-order valence-electron chi connectivity index (χ1n) is 20.5. The van der Waals surface area contributed by atoms with Crippen molar-refractivity contribution in [2.24, 2.45) is 0 Å². The van der Waals surface area contributed by atoms with Crippen molar-refractivity contribution >= 4 is 53.2 Å². The van der Waals surface area contributed by atoms with Gasteiger partial charge in [-0.15, -0.1) is 11.3 Å². The highest BCUT2D eigenvalue weighted by molar-refractivity contribution is 7.26. The molecule has 3 nitrogen and oxygen atoms in total. The molecule has 11 aromatic rings. The number of nitrogens with zero attached hydrogens (tertiary/aromatic N) is 3. The normalized spacial score (nSPS) is 13.0. The van der Waals surface area contributed by atoms with E-state index < -0.39 is 0 Å². The fraction of sp³-hybridized carbons (Fsp3) is 0.0536. The summed E-state index contributed by atoms with van der Waals surface area (Å²) in [6.45, 7) is 4.63. The summed E-state index contributed by atoms with van der Waals surface area (Å²) >= 11 is 1.87. The average molecular weight is 784 g/mol. The minimum Gasteiger partial charge on any atom is -0.247 e. The Labute approximate surface area is 352 Å². The highest BCUT2D eigenvalue weighted by atomic mass is 32.1. The topological polar surface area (TPSA) is 38.7 Å². The number of aromatic nitrogens is 3. The van der Waals surface area contributed by atoms with E-state index in [2.05, 4.69) is 196 Å². The van der Waals surface area contributed by atoms with Gasteiger partial charge in [0.15, 0.2) is 5.82 Å². The predicted molar refractivity (Wildman–Crippen MR) is 252 cm³/mol. The van der Waals surface area contributed by atoms with E-state index in [-0.39, 0.29) is 5.41 Å². The van der Waals surface area contributed by atoms with Gasteiger partial charge in [-0.2, -0.15) is 0 Å². The molecule has 3 aromatic heterocycles. The maximum atomic E-state index is 5.30. The van der Waals surface area contributed by atoms with E-state index in [0.29, 0.717) is 0 Å². The molecule has 1 aliphatic rings. The molecule has 0 spiro atoms. The first kappa shape index (κ1) is 34.7. The van der Waals surface area contributed by atoms with Gasteiger partial charge in [0.05, 0.1) is 22.6 Å². The molecule has 0 fully saturated rings. The van der Waals surface area contributed by atoms with Gasteiger partial charge >= 0.3 is 0 Å². The first-order valence-corrected chi connectivity index (χ1v) is 21.3. The van der Waals surface area contributed by atoms with Gasteiger partial charge in [0.25, 0.3) is 0 Å². The molecule has 8 aromatic carbocycles. The number of pyridine rings is 1. The van der Waals surface area contributed by atoms with Crippen molar-refractivity contribution in [3.05, 3.63) is 199 Å². The third kappa shape index (κ3) is 5.45. The summed E-state index contributed by atoms with van der Waals surface area (Å²) in [5.74, 6) is 0.721. The zero-order valence-electron chi connectivity index (χ0n) is 33.1. The van der Waals surface area contributed by atoms with Crippen molar-refractivity contribution in [3.8, 4) is 67.4 Å². The first-order chi connectivity index (χ1) is 29.5. The molecule has 4 heteroatoms. The number of benzene rings is 8. The van der Waals surface area contributed by atoms with Gasteiger partial charge in [-0.1, -0.05) is 172 Å². The molecule has 12 rings (SSSR count). The molecule has 1 aliphatic carbocycles. The summed E-state index contributed by atoms with van der Waals surface area (Å²) in [5.41, 5.74) is 15.6. The summed E-state index contributed by atoms with van der Waals surface area (Å²) in [7, 11) is 0. The van der Waals surface area contributed by atoms with Gasteiger partial charge in [0.2, 0.25) is 0 Å². The number of rotatable bonds is 5. The Morgan fingerprint density at radius 2 is 1.03 bits per heavy atom. The van der Waals surface area contributed by atoms with E-state index in [1.54, 1.807) is 0 Å². The summed E-state index contributed by atoms with van der Waals surface area (Å²) in [6, 6.07) is 67.5. The lowest BCUT2D eigenvalue weighted by atomic mass is 9.82. The summed E-state index contributed by atoms with van der Waals surface area (Å²) < 4.78 is 2.56. The molecule has 282 valence electrons. The third-order valence-electron chi connectivity index (χ3n) is 12.5. The fourth-order valence-corrected chi connectivity index (χ4v) is 10.8. The van der Waals surface area contributed by atoms with Gasteiger partial charge in [-0.3, -0.25) is 0 Å². The standard InChI is InChI=1S/C56H37N3S/c1-56(2)46-22-11-9-20-40(46)45-31-39(25-29-47(45)56)55-58-49(34-14-5-3-6-15-34)33-50(59-55)38-19-13-18-36(30-38)37-24-26-41-42-27-28-44-52(54(42)60-51(41)32-37)43-21-10-12-23-48(43)57-53(44)35-16-7-4-8-17-35/h3-33H,1-2H3. The van der Waals surface area contributed by atoms with E-state index in [4.69, 9.17) is 15.0 Å². The van der Waals surface area contributed by atoms with Crippen molar-refractivity contribution in [1.82, 2.24) is 15.0 Å². The van der Waals surface area contributed by atoms with Crippen molar-refractivity contribution < 1.29 is 0 Å². The molecular weight excluding hydrogens is 747 g/mol. The Morgan fingerprint density at radius 3 is 1.88 bits per heavy atom. The molecule has 60 heavy (non-hydrogen) atoms. The summed E-state index contributed by atoms with van der Waals surface area (Å²) in [5, 5.41) is 6.18. The van der Waals surface area contributed by atoms with Gasteiger partial charge in [-0.25, -0.2) is 15.0 Å². The van der Waals surface area contributed by atoms with Crippen LogP contribution in [0.5, 0.6) is 0 Å². The molecule has 3 heterocycles. The van der Waals surface area contributed by atoms with Crippen LogP contribution in [0.15, 0.2) is 188 Å². The van der Waals surface area contributed by atoms with Crippen LogP contribution in [-0.2, 0) is 5.41 Å². The van der Waals surface area contributed by atoms with Crippen LogP contribution in [-0.4, -0.2) is 15.0 Å². The Kier molecular flexibility index (Phi) is 7.75. The number of fused-ring (bicyclic) bond motifs is 10. The van der Waals surface area contributed by atoms with E-state index in [9.17, 15) is 0 Å². The van der Waals surface area contributed by atoms with Crippen LogP contribution >= 0.6 is 11.3 Å². The van der Waals surface area contributed by atoms with E-state index >= 15 is 0 Å². The molecule has 0 N–H and O–H groups in total. The Hall–Kier alpha value is -7.27. The smallest absolute Gasteiger partial charge is 0.160 e. The fourth-order valence-electron chi connectivity index (χ4n) is 9.46. The summed E-state index contributed by atoms with van der Waals surface area (Å²) in [4.78, 5) is 15.7. The molecule has 0 bridgehead atoms. The zero-order valence-corrected chi connectivity index (χ0v) is 34.0. The third-order valence-corrected chi connectivity index (χ3v) is 13.7. The molecular formula is C56H37N3S. The Bertz CT molecular complexity index is 3510. The van der Waals surface area contributed by atoms with Crippen LogP contribution in [0.2, 0.25) is 0 Å². The maximum Gasteiger partial charge on any atom is 0.160 e. The van der Waals surface area contributed by atoms with Gasteiger partial charge in [-0.05, 0) is 63.7 Å². The molecule has 0 saturated heterocycles. The van der Waals surface area contributed by atoms with Crippen molar-refractivity contribution in [3.63, 3.8) is 0 Å². The van der Waals surface area contributed by atoms with Crippen LogP contribution in [0.25, 0.3) is 109 Å². The molecule has 0 radical (unpaired) electrons. The highest BCUT2D eigenvalue weighted by Gasteiger charge is 2.35.